The Morgan fingerprint density at radius 2 is 1.74 bits per heavy atom. The molecule has 0 aliphatic carbocycles. The highest BCUT2D eigenvalue weighted by Crippen LogP contribution is 2.24. The van der Waals surface area contributed by atoms with Crippen LogP contribution in [0.2, 0.25) is 0 Å². The van der Waals surface area contributed by atoms with Gasteiger partial charge in [-0.15, -0.1) is 11.8 Å². The summed E-state index contributed by atoms with van der Waals surface area (Å²) in [5, 5.41) is 0. The zero-order chi connectivity index (χ0) is 13.8. The molecule has 0 N–H and O–H groups in total. The topological polar surface area (TPSA) is 26.3 Å². The van der Waals surface area contributed by atoms with Crippen molar-refractivity contribution in [2.24, 2.45) is 0 Å². The quantitative estimate of drug-likeness (QED) is 0.626. The smallest absolute Gasteiger partial charge is 0.340 e. The second kappa shape index (κ2) is 5.89. The van der Waals surface area contributed by atoms with E-state index in [1.807, 2.05) is 30.5 Å². The normalized spacial score (nSPS) is 10.3. The van der Waals surface area contributed by atoms with Crippen LogP contribution in [0.1, 0.15) is 10.4 Å². The molecule has 2 aromatic carbocycles. The minimum Gasteiger partial charge on any atom is -0.465 e. The van der Waals surface area contributed by atoms with E-state index in [9.17, 15) is 9.18 Å². The van der Waals surface area contributed by atoms with Crippen LogP contribution in [0.25, 0.3) is 11.1 Å². The van der Waals surface area contributed by atoms with Crippen LogP contribution in [-0.2, 0) is 4.74 Å². The number of esters is 1. The Hall–Kier alpha value is -1.81. The van der Waals surface area contributed by atoms with Gasteiger partial charge < -0.3 is 4.74 Å². The molecule has 0 saturated carbocycles. The number of hydrogen-bond acceptors (Lipinski definition) is 3. The molecule has 0 aliphatic heterocycles. The largest absolute Gasteiger partial charge is 0.465 e. The number of carbonyl (C=O) groups excluding carboxylic acids is 1. The monoisotopic (exact) mass is 276 g/mol. The molecular weight excluding hydrogens is 263 g/mol. The van der Waals surface area contributed by atoms with Crippen molar-refractivity contribution >= 4 is 17.7 Å². The Kier molecular flexibility index (Phi) is 4.22. The molecule has 0 aliphatic rings. The number of rotatable bonds is 3. The average molecular weight is 276 g/mol. The van der Waals surface area contributed by atoms with Crippen LogP contribution in [0.3, 0.4) is 0 Å². The first-order chi connectivity index (χ1) is 9.15. The van der Waals surface area contributed by atoms with Gasteiger partial charge in [-0.3, -0.25) is 0 Å². The molecule has 19 heavy (non-hydrogen) atoms. The number of methoxy groups -OCH3 is 1. The molecule has 0 amide bonds. The van der Waals surface area contributed by atoms with Crippen molar-refractivity contribution in [3.8, 4) is 11.1 Å². The average Bonchev–Trinajstić information content (AvgIpc) is 2.46. The van der Waals surface area contributed by atoms with Gasteiger partial charge in [0.05, 0.1) is 12.7 Å². The van der Waals surface area contributed by atoms with Gasteiger partial charge in [0.2, 0.25) is 0 Å². The van der Waals surface area contributed by atoms with Crippen LogP contribution in [0, 0.1) is 5.82 Å². The van der Waals surface area contributed by atoms with Crippen molar-refractivity contribution in [3.63, 3.8) is 0 Å². The van der Waals surface area contributed by atoms with Crippen LogP contribution in [-0.4, -0.2) is 19.3 Å². The summed E-state index contributed by atoms with van der Waals surface area (Å²) in [5.74, 6) is -1.24. The van der Waals surface area contributed by atoms with Gasteiger partial charge in [0, 0.05) is 4.90 Å². The summed E-state index contributed by atoms with van der Waals surface area (Å²) in [6, 6.07) is 12.3. The highest BCUT2D eigenvalue weighted by molar-refractivity contribution is 7.98. The predicted octanol–water partition coefficient (Wildman–Crippen LogP) is 4.00. The van der Waals surface area contributed by atoms with Crippen molar-refractivity contribution in [2.75, 3.05) is 13.4 Å². The second-order valence-electron chi connectivity index (χ2n) is 3.91. The van der Waals surface area contributed by atoms with Gasteiger partial charge >= 0.3 is 5.97 Å². The first-order valence-corrected chi connectivity index (χ1v) is 6.90. The van der Waals surface area contributed by atoms with Gasteiger partial charge in [-0.2, -0.15) is 0 Å². The first kappa shape index (κ1) is 13.6. The van der Waals surface area contributed by atoms with Gasteiger partial charge in [0.25, 0.3) is 0 Å². The molecule has 0 spiro atoms. The fraction of sp³-hybridized carbons (Fsp3) is 0.133. The molecule has 2 rings (SSSR count). The zero-order valence-corrected chi connectivity index (χ0v) is 11.5. The molecule has 0 aromatic heterocycles. The summed E-state index contributed by atoms with van der Waals surface area (Å²) in [5.41, 5.74) is 1.60. The third-order valence-corrected chi connectivity index (χ3v) is 3.54. The van der Waals surface area contributed by atoms with E-state index in [0.29, 0.717) is 0 Å². The lowest BCUT2D eigenvalue weighted by Crippen LogP contribution is -2.04. The number of ether oxygens (including phenoxy) is 1. The van der Waals surface area contributed by atoms with Crippen molar-refractivity contribution in [3.05, 3.63) is 53.8 Å². The number of benzene rings is 2. The Morgan fingerprint density at radius 1 is 1.11 bits per heavy atom. The van der Waals surface area contributed by atoms with E-state index in [1.54, 1.807) is 17.8 Å². The van der Waals surface area contributed by atoms with Gasteiger partial charge in [-0.1, -0.05) is 18.2 Å². The van der Waals surface area contributed by atoms with Gasteiger partial charge in [-0.25, -0.2) is 9.18 Å². The van der Waals surface area contributed by atoms with Crippen LogP contribution >= 0.6 is 11.8 Å². The van der Waals surface area contributed by atoms with E-state index < -0.39 is 11.8 Å². The van der Waals surface area contributed by atoms with Gasteiger partial charge in [-0.05, 0) is 41.6 Å². The molecule has 0 unspecified atom stereocenters. The van der Waals surface area contributed by atoms with E-state index >= 15 is 0 Å². The van der Waals surface area contributed by atoms with Crippen molar-refractivity contribution in [2.45, 2.75) is 4.90 Å². The van der Waals surface area contributed by atoms with Crippen molar-refractivity contribution < 1.29 is 13.9 Å². The molecule has 0 saturated heterocycles. The van der Waals surface area contributed by atoms with Crippen LogP contribution < -0.4 is 0 Å². The minimum atomic E-state index is -0.665. The fourth-order valence-electron chi connectivity index (χ4n) is 1.75. The lowest BCUT2D eigenvalue weighted by atomic mass is 10.0. The van der Waals surface area contributed by atoms with E-state index in [2.05, 4.69) is 4.74 Å². The molecule has 0 atom stereocenters. The molecule has 4 heteroatoms. The second-order valence-corrected chi connectivity index (χ2v) is 4.79. The number of thioether (sulfide) groups is 1. The Labute approximate surface area is 115 Å². The summed E-state index contributed by atoms with van der Waals surface area (Å²) in [6.07, 6.45) is 2.00. The fourth-order valence-corrected chi connectivity index (χ4v) is 2.16. The highest BCUT2D eigenvalue weighted by atomic mass is 32.2. The summed E-state index contributed by atoms with van der Waals surface area (Å²) in [4.78, 5) is 12.4. The third-order valence-electron chi connectivity index (χ3n) is 2.80. The van der Waals surface area contributed by atoms with E-state index in [-0.39, 0.29) is 5.56 Å². The SMILES string of the molecule is COC(=O)c1ccc(-c2ccc(SC)cc2)cc1F. The minimum absolute atomic E-state index is 0.0491. The van der Waals surface area contributed by atoms with Crippen LogP contribution in [0.4, 0.5) is 4.39 Å². The lowest BCUT2D eigenvalue weighted by molar-refractivity contribution is 0.0595. The number of halogens is 1. The van der Waals surface area contributed by atoms with E-state index in [0.717, 1.165) is 16.0 Å². The van der Waals surface area contributed by atoms with Gasteiger partial charge in [0.1, 0.15) is 5.82 Å². The Balaban J connectivity index is 2.35. The summed E-state index contributed by atoms with van der Waals surface area (Å²) in [7, 11) is 1.23. The van der Waals surface area contributed by atoms with Crippen LogP contribution in [0.5, 0.6) is 0 Å². The number of hydrogen-bond donors (Lipinski definition) is 0. The zero-order valence-electron chi connectivity index (χ0n) is 10.6. The first-order valence-electron chi connectivity index (χ1n) is 5.68. The van der Waals surface area contributed by atoms with E-state index in [1.165, 1.54) is 19.2 Å². The Morgan fingerprint density at radius 3 is 2.26 bits per heavy atom. The molecule has 0 heterocycles. The Bertz CT molecular complexity index is 594. The molecule has 2 aromatic rings. The van der Waals surface area contributed by atoms with E-state index in [4.69, 9.17) is 0 Å². The maximum absolute atomic E-state index is 13.8. The molecule has 98 valence electrons. The lowest BCUT2D eigenvalue weighted by Gasteiger charge is -2.06. The van der Waals surface area contributed by atoms with Crippen LogP contribution in [0.15, 0.2) is 47.4 Å². The molecule has 0 bridgehead atoms. The van der Waals surface area contributed by atoms with Crippen molar-refractivity contribution in [1.29, 1.82) is 0 Å². The molecule has 0 radical (unpaired) electrons. The highest BCUT2D eigenvalue weighted by Gasteiger charge is 2.12. The summed E-state index contributed by atoms with van der Waals surface area (Å²) in [6.45, 7) is 0. The number of carbonyl (C=O) groups is 1. The maximum Gasteiger partial charge on any atom is 0.340 e. The molecule has 0 fully saturated rings. The van der Waals surface area contributed by atoms with Gasteiger partial charge in [0.15, 0.2) is 0 Å². The maximum atomic E-state index is 13.8. The third kappa shape index (κ3) is 2.96. The summed E-state index contributed by atoms with van der Waals surface area (Å²) < 4.78 is 18.3. The predicted molar refractivity (Wildman–Crippen MR) is 75.0 cm³/mol. The molecule has 2 nitrogen and oxygen atoms in total. The molecular formula is C15H13FO2S. The van der Waals surface area contributed by atoms with Crippen molar-refractivity contribution in [1.82, 2.24) is 0 Å². The standard InChI is InChI=1S/C15H13FO2S/c1-18-15(17)13-8-5-11(9-14(13)16)10-3-6-12(19-2)7-4-10/h3-9H,1-2H3. The summed E-state index contributed by atoms with van der Waals surface area (Å²) >= 11 is 1.65.